The van der Waals surface area contributed by atoms with E-state index in [1.165, 1.54) is 5.19 Å². The summed E-state index contributed by atoms with van der Waals surface area (Å²) in [6.45, 7) is 4.69. The van der Waals surface area contributed by atoms with Crippen LogP contribution in [0, 0.1) is 0 Å². The van der Waals surface area contributed by atoms with Crippen molar-refractivity contribution in [3.63, 3.8) is 0 Å². The lowest BCUT2D eigenvalue weighted by molar-refractivity contribution is 0.343. The monoisotopic (exact) mass is 192 g/mol. The Bertz CT molecular complexity index is 277. The van der Waals surface area contributed by atoms with E-state index in [0.29, 0.717) is 0 Å². The molecule has 13 heavy (non-hydrogen) atoms. The van der Waals surface area contributed by atoms with Crippen LogP contribution in [0.2, 0.25) is 13.1 Å². The zero-order valence-corrected chi connectivity index (χ0v) is 9.20. The van der Waals surface area contributed by atoms with Crippen molar-refractivity contribution in [3.8, 4) is 0 Å². The summed E-state index contributed by atoms with van der Waals surface area (Å²) >= 11 is 0. The van der Waals surface area contributed by atoms with Crippen molar-refractivity contribution in [1.29, 1.82) is 0 Å². The van der Waals surface area contributed by atoms with Gasteiger partial charge in [-0.15, -0.1) is 0 Å². The number of aliphatic hydroxyl groups excluding tert-OH is 1. The van der Waals surface area contributed by atoms with Crippen molar-refractivity contribution in [2.24, 2.45) is 0 Å². The molecule has 2 heteroatoms. The molecule has 0 amide bonds. The standard InChI is InChI=1S/C11H16OSi/c1-13(2,10-6-9-12)11-7-4-3-5-8-11/h3-8,10,12H,9H2,1-2H3/b10-6-. The van der Waals surface area contributed by atoms with Gasteiger partial charge in [0.05, 0.1) is 6.61 Å². The maximum absolute atomic E-state index is 8.71. The smallest absolute Gasteiger partial charge is 0.103 e. The van der Waals surface area contributed by atoms with Gasteiger partial charge in [0.1, 0.15) is 8.07 Å². The lowest BCUT2D eigenvalue weighted by Gasteiger charge is -2.17. The second kappa shape index (κ2) is 4.39. The lowest BCUT2D eigenvalue weighted by Crippen LogP contribution is -2.39. The summed E-state index contributed by atoms with van der Waals surface area (Å²) in [5, 5.41) is 10.1. The molecule has 0 aliphatic carbocycles. The Hall–Kier alpha value is -0.863. The fraction of sp³-hybridized carbons (Fsp3) is 0.273. The van der Waals surface area contributed by atoms with E-state index < -0.39 is 8.07 Å². The van der Waals surface area contributed by atoms with Crippen molar-refractivity contribution in [2.45, 2.75) is 13.1 Å². The topological polar surface area (TPSA) is 20.2 Å². The van der Waals surface area contributed by atoms with E-state index in [2.05, 4.69) is 43.1 Å². The third kappa shape index (κ3) is 2.83. The van der Waals surface area contributed by atoms with Crippen LogP contribution in [-0.2, 0) is 0 Å². The second-order valence-corrected chi connectivity index (χ2v) is 8.03. The summed E-state index contributed by atoms with van der Waals surface area (Å²) in [5.74, 6) is 0. The van der Waals surface area contributed by atoms with Crippen LogP contribution in [-0.4, -0.2) is 19.8 Å². The van der Waals surface area contributed by atoms with Crippen molar-refractivity contribution in [3.05, 3.63) is 42.1 Å². The first-order valence-electron chi connectivity index (χ1n) is 4.51. The Morgan fingerprint density at radius 1 is 1.23 bits per heavy atom. The van der Waals surface area contributed by atoms with Crippen molar-refractivity contribution >= 4 is 13.3 Å². The summed E-state index contributed by atoms with van der Waals surface area (Å²) in [6, 6.07) is 10.5. The maximum atomic E-state index is 8.71. The summed E-state index contributed by atoms with van der Waals surface area (Å²) in [5.41, 5.74) is 2.17. The average molecular weight is 192 g/mol. The van der Waals surface area contributed by atoms with Gasteiger partial charge in [-0.1, -0.05) is 60.4 Å². The molecule has 1 nitrogen and oxygen atoms in total. The van der Waals surface area contributed by atoms with E-state index in [0.717, 1.165) is 0 Å². The fourth-order valence-electron chi connectivity index (χ4n) is 1.31. The summed E-state index contributed by atoms with van der Waals surface area (Å²) in [4.78, 5) is 0. The van der Waals surface area contributed by atoms with E-state index in [-0.39, 0.29) is 6.61 Å². The normalized spacial score (nSPS) is 12.2. The minimum atomic E-state index is -1.44. The number of hydrogen-bond donors (Lipinski definition) is 1. The van der Waals surface area contributed by atoms with Gasteiger partial charge >= 0.3 is 0 Å². The third-order valence-electron chi connectivity index (χ3n) is 2.16. The zero-order valence-electron chi connectivity index (χ0n) is 8.20. The highest BCUT2D eigenvalue weighted by Gasteiger charge is 2.18. The van der Waals surface area contributed by atoms with Crippen LogP contribution in [0.4, 0.5) is 0 Å². The molecule has 0 bridgehead atoms. The highest BCUT2D eigenvalue weighted by atomic mass is 28.3. The van der Waals surface area contributed by atoms with Crippen molar-refractivity contribution < 1.29 is 5.11 Å². The van der Waals surface area contributed by atoms with Gasteiger partial charge in [-0.2, -0.15) is 0 Å². The largest absolute Gasteiger partial charge is 0.392 e. The van der Waals surface area contributed by atoms with Gasteiger partial charge in [0, 0.05) is 0 Å². The lowest BCUT2D eigenvalue weighted by atomic mass is 10.4. The predicted octanol–water partition coefficient (Wildman–Crippen LogP) is 1.69. The quantitative estimate of drug-likeness (QED) is 0.723. The van der Waals surface area contributed by atoms with Gasteiger partial charge in [-0.3, -0.25) is 0 Å². The minimum absolute atomic E-state index is 0.142. The number of benzene rings is 1. The first-order chi connectivity index (χ1) is 6.17. The van der Waals surface area contributed by atoms with Gasteiger partial charge in [0.15, 0.2) is 0 Å². The molecule has 0 aliphatic heterocycles. The average Bonchev–Trinajstić information content (AvgIpc) is 2.16. The van der Waals surface area contributed by atoms with E-state index in [1.807, 2.05) is 12.1 Å². The van der Waals surface area contributed by atoms with Crippen LogP contribution in [0.5, 0.6) is 0 Å². The molecule has 1 aromatic carbocycles. The molecule has 1 aromatic rings. The van der Waals surface area contributed by atoms with E-state index in [9.17, 15) is 0 Å². The Labute approximate surface area is 80.7 Å². The first kappa shape index (κ1) is 10.2. The number of aliphatic hydroxyl groups is 1. The molecule has 0 spiro atoms. The molecule has 70 valence electrons. The van der Waals surface area contributed by atoms with Gasteiger partial charge in [0.2, 0.25) is 0 Å². The highest BCUT2D eigenvalue weighted by molar-refractivity contribution is 6.93. The van der Waals surface area contributed by atoms with Crippen molar-refractivity contribution in [1.82, 2.24) is 0 Å². The zero-order chi connectivity index (χ0) is 9.73. The number of hydrogen-bond acceptors (Lipinski definition) is 1. The van der Waals surface area contributed by atoms with Crippen molar-refractivity contribution in [2.75, 3.05) is 6.61 Å². The van der Waals surface area contributed by atoms with Crippen LogP contribution >= 0.6 is 0 Å². The van der Waals surface area contributed by atoms with Crippen LogP contribution in [0.3, 0.4) is 0 Å². The van der Waals surface area contributed by atoms with Crippen LogP contribution in [0.1, 0.15) is 0 Å². The summed E-state index contributed by atoms with van der Waals surface area (Å²) < 4.78 is 0. The van der Waals surface area contributed by atoms with Gasteiger partial charge in [-0.25, -0.2) is 0 Å². The molecule has 0 aromatic heterocycles. The Morgan fingerprint density at radius 2 is 1.85 bits per heavy atom. The van der Waals surface area contributed by atoms with Crippen LogP contribution in [0.25, 0.3) is 0 Å². The Kier molecular flexibility index (Phi) is 3.45. The van der Waals surface area contributed by atoms with E-state index in [4.69, 9.17) is 5.11 Å². The number of rotatable bonds is 3. The van der Waals surface area contributed by atoms with E-state index >= 15 is 0 Å². The van der Waals surface area contributed by atoms with Gasteiger partial charge in [-0.05, 0) is 0 Å². The maximum Gasteiger partial charge on any atom is 0.103 e. The molecule has 0 heterocycles. The molecule has 0 fully saturated rings. The molecular formula is C11H16OSi. The molecule has 1 rings (SSSR count). The summed E-state index contributed by atoms with van der Waals surface area (Å²) in [7, 11) is -1.44. The molecule has 0 saturated carbocycles. The molecule has 1 N–H and O–H groups in total. The Balaban J connectivity index is 2.87. The fourth-order valence-corrected chi connectivity index (χ4v) is 3.25. The third-order valence-corrected chi connectivity index (χ3v) is 5.05. The van der Waals surface area contributed by atoms with Gasteiger partial charge in [0.25, 0.3) is 0 Å². The molecule has 0 saturated heterocycles. The highest BCUT2D eigenvalue weighted by Crippen LogP contribution is 2.04. The van der Waals surface area contributed by atoms with Gasteiger partial charge < -0.3 is 5.11 Å². The first-order valence-corrected chi connectivity index (χ1v) is 7.58. The van der Waals surface area contributed by atoms with E-state index in [1.54, 1.807) is 0 Å². The molecule has 0 radical (unpaired) electrons. The van der Waals surface area contributed by atoms with Crippen LogP contribution < -0.4 is 5.19 Å². The molecule has 0 aliphatic rings. The second-order valence-electron chi connectivity index (χ2n) is 3.67. The Morgan fingerprint density at radius 3 is 2.38 bits per heavy atom. The minimum Gasteiger partial charge on any atom is -0.392 e. The SMILES string of the molecule is C[Si](C)(/C=C\CO)c1ccccc1. The summed E-state index contributed by atoms with van der Waals surface area (Å²) in [6.07, 6.45) is 1.85. The van der Waals surface area contributed by atoms with Crippen LogP contribution in [0.15, 0.2) is 42.1 Å². The predicted molar refractivity (Wildman–Crippen MR) is 59.8 cm³/mol. The molecule has 0 atom stereocenters. The molecular weight excluding hydrogens is 176 g/mol. The molecule has 0 unspecified atom stereocenters.